The fourth-order valence-corrected chi connectivity index (χ4v) is 2.61. The van der Waals surface area contributed by atoms with E-state index in [1.807, 2.05) is 0 Å². The average molecular weight is 363 g/mol. The highest BCUT2D eigenvalue weighted by atomic mass is 16.5. The summed E-state index contributed by atoms with van der Waals surface area (Å²) in [6.45, 7) is 4.32. The number of rotatable bonds is 14. The van der Waals surface area contributed by atoms with E-state index in [0.717, 1.165) is 38.5 Å². The minimum atomic E-state index is -0.298. The third-order valence-corrected chi connectivity index (χ3v) is 4.13. The smallest absolute Gasteiger partial charge is 0.312 e. The predicted octanol–water partition coefficient (Wildman–Crippen LogP) is 5.61. The summed E-state index contributed by atoms with van der Waals surface area (Å²) in [6.07, 6.45) is 13.1. The summed E-state index contributed by atoms with van der Waals surface area (Å²) in [5.41, 5.74) is 0. The van der Waals surface area contributed by atoms with Crippen molar-refractivity contribution in [3.63, 3.8) is 0 Å². The lowest BCUT2D eigenvalue weighted by Gasteiger charge is -2.07. The van der Waals surface area contributed by atoms with Crippen LogP contribution in [0, 0.1) is 0 Å². The second-order valence-electron chi connectivity index (χ2n) is 6.61. The monoisotopic (exact) mass is 363 g/mol. The van der Waals surface area contributed by atoms with Gasteiger partial charge in [-0.25, -0.2) is 4.98 Å². The van der Waals surface area contributed by atoms with Gasteiger partial charge in [0.05, 0.1) is 0 Å². The number of aromatic nitrogens is 1. The molecule has 5 heteroatoms. The first kappa shape index (κ1) is 22.1. The maximum absolute atomic E-state index is 11.9. The van der Waals surface area contributed by atoms with Crippen molar-refractivity contribution < 1.29 is 19.1 Å². The maximum Gasteiger partial charge on any atom is 0.312 e. The molecule has 0 saturated carbocycles. The Bertz CT molecular complexity index is 487. The Morgan fingerprint density at radius 2 is 1.35 bits per heavy atom. The van der Waals surface area contributed by atoms with Crippen LogP contribution in [0.3, 0.4) is 0 Å². The third-order valence-electron chi connectivity index (χ3n) is 4.13. The molecule has 1 heterocycles. The molecule has 0 aliphatic rings. The molecule has 0 bridgehead atoms. The van der Waals surface area contributed by atoms with Crippen LogP contribution in [0.4, 0.5) is 0 Å². The zero-order valence-corrected chi connectivity index (χ0v) is 16.3. The minimum Gasteiger partial charge on any atom is -0.426 e. The van der Waals surface area contributed by atoms with Gasteiger partial charge in [0.15, 0.2) is 0 Å². The number of carbonyl (C=O) groups excluding carboxylic acids is 2. The summed E-state index contributed by atoms with van der Waals surface area (Å²) in [6, 6.07) is 3.08. The molecule has 0 saturated heterocycles. The second kappa shape index (κ2) is 14.3. The van der Waals surface area contributed by atoms with Gasteiger partial charge in [-0.1, -0.05) is 65.2 Å². The van der Waals surface area contributed by atoms with Crippen LogP contribution in [0.15, 0.2) is 18.3 Å². The lowest BCUT2D eigenvalue weighted by atomic mass is 10.1. The summed E-state index contributed by atoms with van der Waals surface area (Å²) >= 11 is 0. The summed E-state index contributed by atoms with van der Waals surface area (Å²) in [5.74, 6) is -0.0181. The van der Waals surface area contributed by atoms with Crippen molar-refractivity contribution in [2.24, 2.45) is 0 Å². The molecule has 5 nitrogen and oxygen atoms in total. The van der Waals surface area contributed by atoms with Gasteiger partial charge in [0.1, 0.15) is 5.75 Å². The summed E-state index contributed by atoms with van der Waals surface area (Å²) in [7, 11) is 0. The van der Waals surface area contributed by atoms with Gasteiger partial charge in [-0.05, 0) is 18.9 Å². The highest BCUT2D eigenvalue weighted by molar-refractivity contribution is 5.73. The van der Waals surface area contributed by atoms with E-state index in [1.165, 1.54) is 37.9 Å². The van der Waals surface area contributed by atoms with E-state index in [2.05, 4.69) is 18.8 Å². The van der Waals surface area contributed by atoms with Crippen molar-refractivity contribution >= 4 is 11.9 Å². The van der Waals surface area contributed by atoms with E-state index in [-0.39, 0.29) is 17.8 Å². The molecule has 0 radical (unpaired) electrons. The summed E-state index contributed by atoms with van der Waals surface area (Å²) in [5, 5.41) is 0. The lowest BCUT2D eigenvalue weighted by Crippen LogP contribution is -2.10. The van der Waals surface area contributed by atoms with E-state index >= 15 is 0 Å². The molecule has 0 aliphatic carbocycles. The number of esters is 2. The Morgan fingerprint density at radius 1 is 0.808 bits per heavy atom. The van der Waals surface area contributed by atoms with Crippen molar-refractivity contribution in [2.45, 2.75) is 90.9 Å². The molecule has 1 rings (SSSR count). The first-order valence-corrected chi connectivity index (χ1v) is 10.0. The number of hydrogen-bond donors (Lipinski definition) is 0. The van der Waals surface area contributed by atoms with Gasteiger partial charge in [-0.2, -0.15) is 0 Å². The molecule has 0 fully saturated rings. The topological polar surface area (TPSA) is 65.5 Å². The van der Waals surface area contributed by atoms with Gasteiger partial charge in [0.25, 0.3) is 0 Å². The van der Waals surface area contributed by atoms with Crippen LogP contribution in [-0.2, 0) is 9.59 Å². The highest BCUT2D eigenvalue weighted by Gasteiger charge is 2.09. The van der Waals surface area contributed by atoms with Crippen LogP contribution in [0.2, 0.25) is 0 Å². The van der Waals surface area contributed by atoms with Gasteiger partial charge >= 0.3 is 11.9 Å². The number of nitrogens with zero attached hydrogens (tertiary/aromatic N) is 1. The third kappa shape index (κ3) is 10.9. The van der Waals surface area contributed by atoms with Crippen LogP contribution >= 0.6 is 0 Å². The van der Waals surface area contributed by atoms with Gasteiger partial charge in [0.2, 0.25) is 5.88 Å². The first-order valence-electron chi connectivity index (χ1n) is 10.0. The molecule has 0 unspecified atom stereocenters. The van der Waals surface area contributed by atoms with Crippen molar-refractivity contribution in [3.05, 3.63) is 18.3 Å². The Hall–Kier alpha value is -1.91. The van der Waals surface area contributed by atoms with E-state index in [1.54, 1.807) is 6.07 Å². The standard InChI is InChI=1S/C21H33NO4/c1-3-5-7-9-11-13-20(23)25-18-15-16-22-19(17-18)26-21(24)14-12-10-8-6-4-2/h15-17H,3-14H2,1-2H3. The zero-order valence-electron chi connectivity index (χ0n) is 16.3. The van der Waals surface area contributed by atoms with Crippen molar-refractivity contribution in [1.29, 1.82) is 0 Å². The Balaban J connectivity index is 2.30. The lowest BCUT2D eigenvalue weighted by molar-refractivity contribution is -0.135. The number of hydrogen-bond acceptors (Lipinski definition) is 5. The van der Waals surface area contributed by atoms with E-state index in [0.29, 0.717) is 18.6 Å². The molecule has 0 amide bonds. The van der Waals surface area contributed by atoms with Crippen LogP contribution in [0.5, 0.6) is 11.6 Å². The summed E-state index contributed by atoms with van der Waals surface area (Å²) in [4.78, 5) is 27.7. The number of ether oxygens (including phenoxy) is 2. The van der Waals surface area contributed by atoms with Crippen LogP contribution in [0.1, 0.15) is 90.9 Å². The van der Waals surface area contributed by atoms with Gasteiger partial charge in [-0.3, -0.25) is 9.59 Å². The number of carbonyl (C=O) groups is 2. The molecule has 146 valence electrons. The number of unbranched alkanes of at least 4 members (excludes halogenated alkanes) is 8. The van der Waals surface area contributed by atoms with Crippen LogP contribution in [-0.4, -0.2) is 16.9 Å². The van der Waals surface area contributed by atoms with Gasteiger partial charge < -0.3 is 9.47 Å². The Kier molecular flexibility index (Phi) is 12.2. The quantitative estimate of drug-likeness (QED) is 0.317. The van der Waals surface area contributed by atoms with Crippen molar-refractivity contribution in [3.8, 4) is 11.6 Å². The minimum absolute atomic E-state index is 0.178. The first-order chi connectivity index (χ1) is 12.7. The molecule has 0 atom stereocenters. The second-order valence-corrected chi connectivity index (χ2v) is 6.61. The molecule has 1 aromatic heterocycles. The number of pyridine rings is 1. The fraction of sp³-hybridized carbons (Fsp3) is 0.667. The van der Waals surface area contributed by atoms with Crippen LogP contribution in [0.25, 0.3) is 0 Å². The Labute approximate surface area is 157 Å². The molecule has 0 aromatic carbocycles. The van der Waals surface area contributed by atoms with Gasteiger partial charge in [0, 0.05) is 25.1 Å². The largest absolute Gasteiger partial charge is 0.426 e. The van der Waals surface area contributed by atoms with Gasteiger partial charge in [-0.15, -0.1) is 0 Å². The zero-order chi connectivity index (χ0) is 19.0. The normalized spacial score (nSPS) is 10.5. The molecule has 0 N–H and O–H groups in total. The highest BCUT2D eigenvalue weighted by Crippen LogP contribution is 2.18. The molecule has 0 spiro atoms. The average Bonchev–Trinajstić information content (AvgIpc) is 2.61. The summed E-state index contributed by atoms with van der Waals surface area (Å²) < 4.78 is 10.5. The van der Waals surface area contributed by atoms with E-state index in [9.17, 15) is 9.59 Å². The molecular formula is C21H33NO4. The van der Waals surface area contributed by atoms with Crippen LogP contribution < -0.4 is 9.47 Å². The van der Waals surface area contributed by atoms with E-state index < -0.39 is 0 Å². The Morgan fingerprint density at radius 3 is 1.92 bits per heavy atom. The maximum atomic E-state index is 11.9. The molecular weight excluding hydrogens is 330 g/mol. The van der Waals surface area contributed by atoms with Crippen molar-refractivity contribution in [2.75, 3.05) is 0 Å². The predicted molar refractivity (Wildman–Crippen MR) is 102 cm³/mol. The van der Waals surface area contributed by atoms with Crippen molar-refractivity contribution in [1.82, 2.24) is 4.98 Å². The fourth-order valence-electron chi connectivity index (χ4n) is 2.61. The molecule has 26 heavy (non-hydrogen) atoms. The molecule has 1 aromatic rings. The molecule has 0 aliphatic heterocycles. The van der Waals surface area contributed by atoms with E-state index in [4.69, 9.17) is 9.47 Å². The SMILES string of the molecule is CCCCCCCC(=O)Oc1ccnc(OC(=O)CCCCCCC)c1.